The van der Waals surface area contributed by atoms with Crippen molar-refractivity contribution < 1.29 is 4.74 Å². The number of methoxy groups -OCH3 is 1. The lowest BCUT2D eigenvalue weighted by molar-refractivity contribution is -0.118. The second-order valence-electron chi connectivity index (χ2n) is 3.41. The first-order valence-corrected chi connectivity index (χ1v) is 4.11. The molecule has 1 aliphatic rings. The normalized spacial score (nSPS) is 23.2. The molecular weight excluding hydrogens is 140 g/mol. The molecule has 0 radical (unpaired) electrons. The second kappa shape index (κ2) is 3.52. The largest absolute Gasteiger partial charge is 0.376 e. The summed E-state index contributed by atoms with van der Waals surface area (Å²) in [4.78, 5) is 2.28. The van der Waals surface area contributed by atoms with E-state index < -0.39 is 0 Å². The molecule has 0 amide bonds. The molecule has 3 nitrogen and oxygen atoms in total. The Labute approximate surface area is 68.7 Å². The monoisotopic (exact) mass is 158 g/mol. The van der Waals surface area contributed by atoms with E-state index in [-0.39, 0.29) is 5.60 Å². The van der Waals surface area contributed by atoms with Crippen molar-refractivity contribution in [2.75, 3.05) is 40.8 Å². The van der Waals surface area contributed by atoms with E-state index in [1.165, 1.54) is 0 Å². The van der Waals surface area contributed by atoms with Gasteiger partial charge in [-0.3, -0.25) is 0 Å². The standard InChI is InChI=1S/C8H18N2O/c1-9-5-4-8(11-3)6-10(2)7-8/h9H,4-7H2,1-3H3. The van der Waals surface area contributed by atoms with Crippen molar-refractivity contribution in [3.8, 4) is 0 Å². The highest BCUT2D eigenvalue weighted by Gasteiger charge is 2.40. The molecule has 1 heterocycles. The maximum Gasteiger partial charge on any atom is 0.0942 e. The lowest BCUT2D eigenvalue weighted by atomic mass is 9.91. The molecule has 0 aromatic heterocycles. The molecule has 1 aliphatic heterocycles. The van der Waals surface area contributed by atoms with Crippen LogP contribution in [0.3, 0.4) is 0 Å². The van der Waals surface area contributed by atoms with Gasteiger partial charge in [0, 0.05) is 20.2 Å². The zero-order chi connectivity index (χ0) is 8.32. The fraction of sp³-hybridized carbons (Fsp3) is 1.00. The summed E-state index contributed by atoms with van der Waals surface area (Å²) in [5, 5.41) is 3.14. The molecule has 1 fully saturated rings. The van der Waals surface area contributed by atoms with Crippen LogP contribution in [-0.2, 0) is 4.74 Å². The number of rotatable bonds is 4. The van der Waals surface area contributed by atoms with Crippen molar-refractivity contribution in [1.82, 2.24) is 10.2 Å². The van der Waals surface area contributed by atoms with E-state index in [0.717, 1.165) is 26.1 Å². The molecule has 1 N–H and O–H groups in total. The summed E-state index contributed by atoms with van der Waals surface area (Å²) in [5.41, 5.74) is 0.151. The maximum absolute atomic E-state index is 5.46. The van der Waals surface area contributed by atoms with Gasteiger partial charge in [0.15, 0.2) is 0 Å². The molecule has 1 saturated heterocycles. The third kappa shape index (κ3) is 1.92. The molecule has 0 aliphatic carbocycles. The Balaban J connectivity index is 2.26. The molecular formula is C8H18N2O. The molecule has 0 unspecified atom stereocenters. The molecule has 11 heavy (non-hydrogen) atoms. The molecule has 1 rings (SSSR count). The van der Waals surface area contributed by atoms with E-state index in [2.05, 4.69) is 17.3 Å². The van der Waals surface area contributed by atoms with Crippen LogP contribution < -0.4 is 5.32 Å². The van der Waals surface area contributed by atoms with Crippen molar-refractivity contribution in [1.29, 1.82) is 0 Å². The number of ether oxygens (including phenoxy) is 1. The summed E-state index contributed by atoms with van der Waals surface area (Å²) in [6, 6.07) is 0. The van der Waals surface area contributed by atoms with E-state index in [0.29, 0.717) is 0 Å². The van der Waals surface area contributed by atoms with Crippen LogP contribution in [0.25, 0.3) is 0 Å². The van der Waals surface area contributed by atoms with Crippen LogP contribution in [0.15, 0.2) is 0 Å². The van der Waals surface area contributed by atoms with Gasteiger partial charge in [0.25, 0.3) is 0 Å². The first kappa shape index (κ1) is 8.97. The number of likely N-dealkylation sites (tertiary alicyclic amines) is 1. The Morgan fingerprint density at radius 2 is 2.18 bits per heavy atom. The van der Waals surface area contributed by atoms with Gasteiger partial charge in [-0.2, -0.15) is 0 Å². The molecule has 0 bridgehead atoms. The molecule has 0 aromatic rings. The van der Waals surface area contributed by atoms with Gasteiger partial charge in [-0.1, -0.05) is 0 Å². The minimum Gasteiger partial charge on any atom is -0.376 e. The predicted molar refractivity (Wildman–Crippen MR) is 45.8 cm³/mol. The maximum atomic E-state index is 5.46. The summed E-state index contributed by atoms with van der Waals surface area (Å²) < 4.78 is 5.46. The Kier molecular flexibility index (Phi) is 2.87. The van der Waals surface area contributed by atoms with Crippen LogP contribution >= 0.6 is 0 Å². The lowest BCUT2D eigenvalue weighted by Crippen LogP contribution is -2.61. The van der Waals surface area contributed by atoms with Gasteiger partial charge in [-0.25, -0.2) is 0 Å². The highest BCUT2D eigenvalue weighted by molar-refractivity contribution is 4.95. The van der Waals surface area contributed by atoms with Gasteiger partial charge < -0.3 is 15.0 Å². The van der Waals surface area contributed by atoms with Gasteiger partial charge in [-0.15, -0.1) is 0 Å². The summed E-state index contributed by atoms with van der Waals surface area (Å²) in [6.45, 7) is 3.19. The Morgan fingerprint density at radius 1 is 1.55 bits per heavy atom. The van der Waals surface area contributed by atoms with Crippen molar-refractivity contribution in [2.24, 2.45) is 0 Å². The van der Waals surface area contributed by atoms with E-state index >= 15 is 0 Å². The zero-order valence-corrected chi connectivity index (χ0v) is 7.68. The van der Waals surface area contributed by atoms with Gasteiger partial charge in [0.1, 0.15) is 0 Å². The zero-order valence-electron chi connectivity index (χ0n) is 7.68. The Bertz CT molecular complexity index is 121. The van der Waals surface area contributed by atoms with Crippen molar-refractivity contribution >= 4 is 0 Å². The van der Waals surface area contributed by atoms with Crippen LogP contribution in [0, 0.1) is 0 Å². The lowest BCUT2D eigenvalue weighted by Gasteiger charge is -2.47. The van der Waals surface area contributed by atoms with Crippen LogP contribution in [0.4, 0.5) is 0 Å². The van der Waals surface area contributed by atoms with Crippen molar-refractivity contribution in [3.63, 3.8) is 0 Å². The molecule has 0 aromatic carbocycles. The number of nitrogens with zero attached hydrogens (tertiary/aromatic N) is 1. The van der Waals surface area contributed by atoms with Gasteiger partial charge in [0.2, 0.25) is 0 Å². The van der Waals surface area contributed by atoms with Crippen LogP contribution in [0.5, 0.6) is 0 Å². The van der Waals surface area contributed by atoms with Crippen LogP contribution in [-0.4, -0.2) is 51.3 Å². The third-order valence-corrected chi connectivity index (χ3v) is 2.38. The number of hydrogen-bond acceptors (Lipinski definition) is 3. The predicted octanol–water partition coefficient (Wildman–Crippen LogP) is -0.0735. The molecule has 0 atom stereocenters. The molecule has 3 heteroatoms. The molecule has 66 valence electrons. The van der Waals surface area contributed by atoms with Crippen LogP contribution in [0.2, 0.25) is 0 Å². The van der Waals surface area contributed by atoms with Crippen molar-refractivity contribution in [3.05, 3.63) is 0 Å². The first-order chi connectivity index (χ1) is 5.22. The topological polar surface area (TPSA) is 24.5 Å². The quantitative estimate of drug-likeness (QED) is 0.619. The van der Waals surface area contributed by atoms with E-state index in [4.69, 9.17) is 4.74 Å². The minimum atomic E-state index is 0.151. The SMILES string of the molecule is CNCCC1(OC)CN(C)C1. The number of likely N-dealkylation sites (N-methyl/N-ethyl adjacent to an activating group) is 1. The fourth-order valence-electron chi connectivity index (χ4n) is 1.68. The summed E-state index contributed by atoms with van der Waals surface area (Å²) >= 11 is 0. The van der Waals surface area contributed by atoms with Gasteiger partial charge >= 0.3 is 0 Å². The van der Waals surface area contributed by atoms with Crippen LogP contribution in [0.1, 0.15) is 6.42 Å². The minimum absolute atomic E-state index is 0.151. The fourth-order valence-corrected chi connectivity index (χ4v) is 1.68. The number of nitrogens with one attached hydrogen (secondary N) is 1. The summed E-state index contributed by atoms with van der Waals surface area (Å²) in [7, 11) is 5.91. The van der Waals surface area contributed by atoms with E-state index in [1.54, 1.807) is 0 Å². The van der Waals surface area contributed by atoms with Gasteiger partial charge in [-0.05, 0) is 27.1 Å². The highest BCUT2D eigenvalue weighted by Crippen LogP contribution is 2.25. The summed E-state index contributed by atoms with van der Waals surface area (Å²) in [6.07, 6.45) is 1.12. The average molecular weight is 158 g/mol. The summed E-state index contributed by atoms with van der Waals surface area (Å²) in [5.74, 6) is 0. The third-order valence-electron chi connectivity index (χ3n) is 2.38. The van der Waals surface area contributed by atoms with E-state index in [1.807, 2.05) is 14.2 Å². The molecule has 0 spiro atoms. The smallest absolute Gasteiger partial charge is 0.0942 e. The highest BCUT2D eigenvalue weighted by atomic mass is 16.5. The first-order valence-electron chi connectivity index (χ1n) is 4.11. The average Bonchev–Trinajstić information content (AvgIpc) is 1.96. The van der Waals surface area contributed by atoms with Gasteiger partial charge in [0.05, 0.1) is 5.60 Å². The second-order valence-corrected chi connectivity index (χ2v) is 3.41. The number of hydrogen-bond donors (Lipinski definition) is 1. The Morgan fingerprint density at radius 3 is 2.55 bits per heavy atom. The van der Waals surface area contributed by atoms with E-state index in [9.17, 15) is 0 Å². The molecule has 0 saturated carbocycles. The Hall–Kier alpha value is -0.120. The van der Waals surface area contributed by atoms with Crippen molar-refractivity contribution in [2.45, 2.75) is 12.0 Å².